The van der Waals surface area contributed by atoms with Crippen molar-refractivity contribution in [3.63, 3.8) is 0 Å². The summed E-state index contributed by atoms with van der Waals surface area (Å²) in [5.74, 6) is 1.00. The lowest BCUT2D eigenvalue weighted by Gasteiger charge is -2.24. The van der Waals surface area contributed by atoms with Crippen LogP contribution in [-0.2, 0) is 11.3 Å². The number of thioether (sulfide) groups is 1. The quantitative estimate of drug-likeness (QED) is 0.302. The van der Waals surface area contributed by atoms with Gasteiger partial charge in [0.2, 0.25) is 5.95 Å². The summed E-state index contributed by atoms with van der Waals surface area (Å²) in [4.78, 5) is 18.2. The van der Waals surface area contributed by atoms with E-state index in [4.69, 9.17) is 9.40 Å². The van der Waals surface area contributed by atoms with Crippen LogP contribution in [0.2, 0.25) is 0 Å². The molecule has 0 bridgehead atoms. The second-order valence-corrected chi connectivity index (χ2v) is 11.1. The molecule has 0 saturated carbocycles. The topological polar surface area (TPSA) is 85.8 Å². The molecule has 0 spiro atoms. The van der Waals surface area contributed by atoms with Gasteiger partial charge in [0.05, 0.1) is 11.0 Å². The highest BCUT2D eigenvalue weighted by Gasteiger charge is 2.26. The summed E-state index contributed by atoms with van der Waals surface area (Å²) in [6, 6.07) is 15.6. The molecule has 0 aliphatic rings. The van der Waals surface area contributed by atoms with Crippen molar-refractivity contribution in [3.05, 3.63) is 64.9 Å². The normalized spacial score (nSPS) is 12.0. The van der Waals surface area contributed by atoms with Gasteiger partial charge in [0, 0.05) is 22.2 Å². The van der Waals surface area contributed by atoms with Gasteiger partial charge in [0.1, 0.15) is 10.6 Å². The van der Waals surface area contributed by atoms with Crippen LogP contribution in [0, 0.1) is 6.92 Å². The average molecular weight is 478 g/mol. The number of rotatable bonds is 5. The van der Waals surface area contributed by atoms with Crippen molar-refractivity contribution in [2.45, 2.75) is 43.3 Å². The lowest BCUT2D eigenvalue weighted by molar-refractivity contribution is 0.0996. The van der Waals surface area contributed by atoms with E-state index in [1.54, 1.807) is 11.8 Å². The van der Waals surface area contributed by atoms with Crippen molar-refractivity contribution < 1.29 is 9.21 Å². The summed E-state index contributed by atoms with van der Waals surface area (Å²) >= 11 is 3.08. The molecule has 3 heterocycles. The number of amides is 1. The third kappa shape index (κ3) is 4.14. The summed E-state index contributed by atoms with van der Waals surface area (Å²) < 4.78 is 8.93. The number of nitrogens with one attached hydrogen (secondary N) is 1. The molecule has 2 aromatic carbocycles. The van der Waals surface area contributed by atoms with E-state index in [0.717, 1.165) is 31.3 Å². The Morgan fingerprint density at radius 2 is 1.88 bits per heavy atom. The number of furan rings is 1. The number of nitrogens with zero attached hydrogens (tertiary/aromatic N) is 4. The molecule has 1 N–H and O–H groups in total. The van der Waals surface area contributed by atoms with Crippen molar-refractivity contribution in [2.75, 3.05) is 5.32 Å². The first-order chi connectivity index (χ1) is 15.8. The van der Waals surface area contributed by atoms with E-state index in [9.17, 15) is 4.79 Å². The standard InChI is InChI=1S/C24H23N5O2S2/c1-14-27-28-23(33-14)32-13-16-15-9-5-8-12-19(15)31-20(16)21(30)26-22-25-17-10-6-7-11-18(17)29(22)24(2,3)4/h5-12H,13H2,1-4H3,(H,25,26,30). The Bertz CT molecular complexity index is 1480. The van der Waals surface area contributed by atoms with Crippen molar-refractivity contribution in [3.8, 4) is 0 Å². The Balaban J connectivity index is 1.53. The number of carbonyl (C=O) groups is 1. The van der Waals surface area contributed by atoms with Gasteiger partial charge in [-0.25, -0.2) is 4.98 Å². The first-order valence-electron chi connectivity index (χ1n) is 10.5. The van der Waals surface area contributed by atoms with Gasteiger partial charge >= 0.3 is 0 Å². The highest BCUT2D eigenvalue weighted by atomic mass is 32.2. The first-order valence-corrected chi connectivity index (χ1v) is 12.3. The minimum absolute atomic E-state index is 0.277. The SMILES string of the molecule is Cc1nnc(SCc2c(C(=O)Nc3nc4ccccc4n3C(C)(C)C)oc3ccccc23)s1. The predicted molar refractivity (Wildman–Crippen MR) is 133 cm³/mol. The maximum absolute atomic E-state index is 13.5. The largest absolute Gasteiger partial charge is 0.451 e. The summed E-state index contributed by atoms with van der Waals surface area (Å²) in [5.41, 5.74) is 3.03. The fraction of sp³-hybridized carbons (Fsp3) is 0.250. The Morgan fingerprint density at radius 3 is 2.64 bits per heavy atom. The van der Waals surface area contributed by atoms with E-state index in [2.05, 4.69) is 36.3 Å². The molecule has 0 radical (unpaired) electrons. The van der Waals surface area contributed by atoms with Gasteiger partial charge in [0.25, 0.3) is 5.91 Å². The number of aryl methyl sites for hydroxylation is 1. The van der Waals surface area contributed by atoms with Crippen LogP contribution in [0.25, 0.3) is 22.0 Å². The lowest BCUT2D eigenvalue weighted by Crippen LogP contribution is -2.26. The molecule has 3 aromatic heterocycles. The molecule has 1 amide bonds. The number of anilines is 1. The van der Waals surface area contributed by atoms with Gasteiger partial charge in [-0.15, -0.1) is 10.2 Å². The molecule has 33 heavy (non-hydrogen) atoms. The average Bonchev–Trinajstić information content (AvgIpc) is 3.46. The Hall–Kier alpha value is -3.17. The van der Waals surface area contributed by atoms with Crippen molar-refractivity contribution in [1.82, 2.24) is 19.7 Å². The maximum Gasteiger partial charge on any atom is 0.294 e. The molecule has 7 nitrogen and oxygen atoms in total. The van der Waals surface area contributed by atoms with E-state index < -0.39 is 0 Å². The Labute approximate surface area is 199 Å². The highest BCUT2D eigenvalue weighted by Crippen LogP contribution is 2.34. The first kappa shape index (κ1) is 21.7. The minimum atomic E-state index is -0.323. The minimum Gasteiger partial charge on any atom is -0.451 e. The highest BCUT2D eigenvalue weighted by molar-refractivity contribution is 8.00. The lowest BCUT2D eigenvalue weighted by atomic mass is 10.1. The van der Waals surface area contributed by atoms with Crippen LogP contribution in [0.3, 0.4) is 0 Å². The van der Waals surface area contributed by atoms with Gasteiger partial charge in [-0.3, -0.25) is 10.1 Å². The third-order valence-corrected chi connectivity index (χ3v) is 7.21. The molecule has 168 valence electrons. The fourth-order valence-corrected chi connectivity index (χ4v) is 5.69. The molecule has 5 aromatic rings. The van der Waals surface area contributed by atoms with Crippen LogP contribution < -0.4 is 5.32 Å². The van der Waals surface area contributed by atoms with Gasteiger partial charge in [0.15, 0.2) is 10.1 Å². The summed E-state index contributed by atoms with van der Waals surface area (Å²) in [7, 11) is 0. The summed E-state index contributed by atoms with van der Waals surface area (Å²) in [6.45, 7) is 8.19. The van der Waals surface area contributed by atoms with E-state index in [0.29, 0.717) is 17.3 Å². The van der Waals surface area contributed by atoms with Crippen LogP contribution >= 0.6 is 23.1 Å². The molecular formula is C24H23N5O2S2. The molecule has 0 aliphatic heterocycles. The van der Waals surface area contributed by atoms with Crippen LogP contribution in [-0.4, -0.2) is 25.7 Å². The van der Waals surface area contributed by atoms with Crippen LogP contribution in [0.15, 0.2) is 57.3 Å². The smallest absolute Gasteiger partial charge is 0.294 e. The number of fused-ring (bicyclic) bond motifs is 2. The number of aromatic nitrogens is 4. The molecule has 0 unspecified atom stereocenters. The maximum atomic E-state index is 13.5. The number of hydrogen-bond donors (Lipinski definition) is 1. The summed E-state index contributed by atoms with van der Waals surface area (Å²) in [5, 5.41) is 13.1. The molecule has 0 saturated heterocycles. The zero-order valence-electron chi connectivity index (χ0n) is 18.7. The van der Waals surface area contributed by atoms with E-state index in [1.165, 1.54) is 11.3 Å². The molecular weight excluding hydrogens is 454 g/mol. The molecule has 0 aliphatic carbocycles. The van der Waals surface area contributed by atoms with E-state index in [1.807, 2.05) is 60.0 Å². The van der Waals surface area contributed by atoms with Gasteiger partial charge in [-0.1, -0.05) is 53.4 Å². The Morgan fingerprint density at radius 1 is 1.12 bits per heavy atom. The second-order valence-electron chi connectivity index (χ2n) is 8.67. The van der Waals surface area contributed by atoms with Crippen LogP contribution in [0.1, 0.15) is 41.9 Å². The van der Waals surface area contributed by atoms with Crippen LogP contribution in [0.4, 0.5) is 5.95 Å². The molecule has 0 atom stereocenters. The van der Waals surface area contributed by atoms with Crippen LogP contribution in [0.5, 0.6) is 0 Å². The van der Waals surface area contributed by atoms with Crippen molar-refractivity contribution in [2.24, 2.45) is 0 Å². The number of hydrogen-bond acceptors (Lipinski definition) is 7. The van der Waals surface area contributed by atoms with Crippen molar-refractivity contribution in [1.29, 1.82) is 0 Å². The van der Waals surface area contributed by atoms with Gasteiger partial charge < -0.3 is 8.98 Å². The predicted octanol–water partition coefficient (Wildman–Crippen LogP) is 6.24. The Kier molecular flexibility index (Phi) is 5.46. The van der Waals surface area contributed by atoms with E-state index >= 15 is 0 Å². The number of carbonyl (C=O) groups excluding carboxylic acids is 1. The number of imidazole rings is 1. The summed E-state index contributed by atoms with van der Waals surface area (Å²) in [6.07, 6.45) is 0. The zero-order chi connectivity index (χ0) is 23.2. The molecule has 0 fully saturated rings. The van der Waals surface area contributed by atoms with Crippen molar-refractivity contribution >= 4 is 57.0 Å². The number of benzene rings is 2. The second kappa shape index (κ2) is 8.31. The van der Waals surface area contributed by atoms with Gasteiger partial charge in [-0.05, 0) is 45.9 Å². The third-order valence-electron chi connectivity index (χ3n) is 5.21. The fourth-order valence-electron chi connectivity index (χ4n) is 3.84. The van der Waals surface area contributed by atoms with Gasteiger partial charge in [-0.2, -0.15) is 0 Å². The molecule has 9 heteroatoms. The zero-order valence-corrected chi connectivity index (χ0v) is 20.4. The monoisotopic (exact) mass is 477 g/mol. The number of para-hydroxylation sites is 3. The van der Waals surface area contributed by atoms with E-state index in [-0.39, 0.29) is 17.2 Å². The molecule has 5 rings (SSSR count).